The summed E-state index contributed by atoms with van der Waals surface area (Å²) in [6, 6.07) is 17.3. The predicted octanol–water partition coefficient (Wildman–Crippen LogP) is 4.88. The number of fused-ring (bicyclic) bond motifs is 1. The van der Waals surface area contributed by atoms with Crippen LogP contribution in [0, 0.1) is 6.92 Å². The van der Waals surface area contributed by atoms with E-state index in [4.69, 9.17) is 4.42 Å². The van der Waals surface area contributed by atoms with Gasteiger partial charge in [-0.2, -0.15) is 4.98 Å². The van der Waals surface area contributed by atoms with Gasteiger partial charge >= 0.3 is 0 Å². The Kier molecular flexibility index (Phi) is 5.95. The first-order valence-electron chi connectivity index (χ1n) is 11.4. The van der Waals surface area contributed by atoms with Crippen LogP contribution in [0.1, 0.15) is 35.5 Å². The zero-order valence-electron chi connectivity index (χ0n) is 18.9. The Labute approximate surface area is 196 Å². The summed E-state index contributed by atoms with van der Waals surface area (Å²) >= 11 is 0. The molecule has 1 aliphatic heterocycles. The quantitative estimate of drug-likeness (QED) is 0.442. The van der Waals surface area contributed by atoms with Crippen LogP contribution >= 0.6 is 0 Å². The highest BCUT2D eigenvalue weighted by Crippen LogP contribution is 2.22. The van der Waals surface area contributed by atoms with E-state index in [0.717, 1.165) is 30.3 Å². The van der Waals surface area contributed by atoms with E-state index in [1.54, 1.807) is 36.4 Å². The van der Waals surface area contributed by atoms with E-state index in [-0.39, 0.29) is 11.2 Å². The second-order valence-corrected chi connectivity index (χ2v) is 8.37. The molecule has 0 atom stereocenters. The molecular weight excluding hydrogens is 430 g/mol. The molecule has 0 unspecified atom stereocenters. The number of anilines is 4. The number of rotatable bonds is 5. The first-order valence-corrected chi connectivity index (χ1v) is 11.4. The summed E-state index contributed by atoms with van der Waals surface area (Å²) in [7, 11) is 0. The monoisotopic (exact) mass is 455 g/mol. The van der Waals surface area contributed by atoms with Crippen LogP contribution in [0.25, 0.3) is 11.0 Å². The summed E-state index contributed by atoms with van der Waals surface area (Å²) in [4.78, 5) is 36.4. The van der Waals surface area contributed by atoms with Crippen LogP contribution in [0.4, 0.5) is 23.1 Å². The van der Waals surface area contributed by atoms with Crippen molar-refractivity contribution in [3.05, 3.63) is 82.3 Å². The summed E-state index contributed by atoms with van der Waals surface area (Å²) in [6.45, 7) is 3.99. The van der Waals surface area contributed by atoms with Gasteiger partial charge in [-0.3, -0.25) is 9.59 Å². The molecule has 4 aromatic rings. The maximum absolute atomic E-state index is 12.6. The Morgan fingerprint density at radius 3 is 2.47 bits per heavy atom. The minimum atomic E-state index is -0.489. The van der Waals surface area contributed by atoms with E-state index in [2.05, 4.69) is 25.5 Å². The minimum absolute atomic E-state index is 0.0377. The summed E-state index contributed by atoms with van der Waals surface area (Å²) in [5.41, 5.74) is 2.39. The molecule has 2 aromatic heterocycles. The number of nitrogens with zero attached hydrogens (tertiary/aromatic N) is 3. The van der Waals surface area contributed by atoms with Gasteiger partial charge in [0.05, 0.1) is 5.39 Å². The maximum Gasteiger partial charge on any atom is 0.291 e. The summed E-state index contributed by atoms with van der Waals surface area (Å²) < 4.78 is 5.61. The zero-order valence-corrected chi connectivity index (χ0v) is 18.9. The highest BCUT2D eigenvalue weighted by Gasteiger charge is 2.15. The lowest BCUT2D eigenvalue weighted by molar-refractivity contribution is 0.0997. The lowest BCUT2D eigenvalue weighted by atomic mass is 10.1. The van der Waals surface area contributed by atoms with Crippen LogP contribution in [0.2, 0.25) is 0 Å². The number of aromatic nitrogens is 2. The van der Waals surface area contributed by atoms with Crippen LogP contribution in [-0.2, 0) is 0 Å². The Balaban J connectivity index is 1.28. The van der Waals surface area contributed by atoms with Crippen molar-refractivity contribution in [2.45, 2.75) is 26.2 Å². The van der Waals surface area contributed by atoms with Gasteiger partial charge in [0.2, 0.25) is 5.95 Å². The number of carbonyl (C=O) groups is 1. The smallest absolute Gasteiger partial charge is 0.291 e. The third kappa shape index (κ3) is 4.76. The van der Waals surface area contributed by atoms with Gasteiger partial charge in [-0.1, -0.05) is 12.1 Å². The molecule has 3 heterocycles. The van der Waals surface area contributed by atoms with Gasteiger partial charge in [0.15, 0.2) is 11.2 Å². The van der Waals surface area contributed by atoms with E-state index < -0.39 is 5.91 Å². The van der Waals surface area contributed by atoms with Crippen molar-refractivity contribution in [3.63, 3.8) is 0 Å². The second kappa shape index (κ2) is 9.35. The third-order valence-electron chi connectivity index (χ3n) is 5.78. The Morgan fingerprint density at radius 2 is 1.68 bits per heavy atom. The lowest BCUT2D eigenvalue weighted by Crippen LogP contribution is -2.30. The van der Waals surface area contributed by atoms with E-state index in [1.165, 1.54) is 25.3 Å². The molecule has 1 saturated heterocycles. The number of para-hydroxylation sites is 1. The molecule has 0 spiro atoms. The summed E-state index contributed by atoms with van der Waals surface area (Å²) in [6.07, 6.45) is 3.63. The minimum Gasteiger partial charge on any atom is -0.451 e. The van der Waals surface area contributed by atoms with Gasteiger partial charge in [0, 0.05) is 42.3 Å². The van der Waals surface area contributed by atoms with Crippen molar-refractivity contribution in [1.29, 1.82) is 0 Å². The standard InChI is InChI=1S/C26H25N5O3/c1-17-15-24(31-13-5-2-6-14-31)30-26(27-17)29-19-11-9-18(10-12-19)28-25(33)23-16-21(32)20-7-3-4-8-22(20)34-23/h3-4,7-12,15-16H,2,5-6,13-14H2,1H3,(H,28,33)(H,27,29,30). The molecule has 0 saturated carbocycles. The molecular formula is C26H25N5O3. The van der Waals surface area contributed by atoms with Crippen molar-refractivity contribution in [3.8, 4) is 0 Å². The van der Waals surface area contributed by atoms with E-state index in [9.17, 15) is 9.59 Å². The van der Waals surface area contributed by atoms with E-state index >= 15 is 0 Å². The van der Waals surface area contributed by atoms with Crippen molar-refractivity contribution < 1.29 is 9.21 Å². The number of amides is 1. The largest absolute Gasteiger partial charge is 0.451 e. The molecule has 1 fully saturated rings. The first-order chi connectivity index (χ1) is 16.5. The van der Waals surface area contributed by atoms with Crippen LogP contribution in [-0.4, -0.2) is 29.0 Å². The van der Waals surface area contributed by atoms with E-state index in [1.807, 2.05) is 25.1 Å². The molecule has 2 N–H and O–H groups in total. The van der Waals surface area contributed by atoms with Gasteiger partial charge in [0.1, 0.15) is 11.4 Å². The van der Waals surface area contributed by atoms with Crippen molar-refractivity contribution >= 4 is 40.0 Å². The van der Waals surface area contributed by atoms with Crippen molar-refractivity contribution in [2.24, 2.45) is 0 Å². The van der Waals surface area contributed by atoms with Gasteiger partial charge in [-0.25, -0.2) is 4.98 Å². The molecule has 2 aromatic carbocycles. The van der Waals surface area contributed by atoms with Crippen LogP contribution in [0.15, 0.2) is 69.9 Å². The molecule has 1 aliphatic rings. The number of hydrogen-bond donors (Lipinski definition) is 2. The number of hydrogen-bond acceptors (Lipinski definition) is 7. The third-order valence-corrected chi connectivity index (χ3v) is 5.78. The van der Waals surface area contributed by atoms with E-state index in [0.29, 0.717) is 22.6 Å². The molecule has 34 heavy (non-hydrogen) atoms. The lowest BCUT2D eigenvalue weighted by Gasteiger charge is -2.28. The average molecular weight is 456 g/mol. The van der Waals surface area contributed by atoms with Gasteiger partial charge < -0.3 is 20.0 Å². The molecule has 0 aliphatic carbocycles. The molecule has 0 bridgehead atoms. The van der Waals surface area contributed by atoms with Crippen molar-refractivity contribution in [2.75, 3.05) is 28.6 Å². The number of aryl methyl sites for hydroxylation is 1. The fraction of sp³-hybridized carbons (Fsp3) is 0.231. The zero-order chi connectivity index (χ0) is 23.5. The number of benzene rings is 2. The fourth-order valence-electron chi connectivity index (χ4n) is 4.07. The SMILES string of the molecule is Cc1cc(N2CCCCC2)nc(Nc2ccc(NC(=O)c3cc(=O)c4ccccc4o3)cc2)n1. The molecule has 5 rings (SSSR count). The highest BCUT2D eigenvalue weighted by molar-refractivity contribution is 6.03. The molecule has 1 amide bonds. The normalized spacial score (nSPS) is 13.6. The Hall–Kier alpha value is -4.20. The van der Waals surface area contributed by atoms with Gasteiger partial charge in [-0.15, -0.1) is 0 Å². The predicted molar refractivity (Wildman–Crippen MR) is 133 cm³/mol. The number of nitrogens with one attached hydrogen (secondary N) is 2. The van der Waals surface area contributed by atoms with Crippen LogP contribution in [0.5, 0.6) is 0 Å². The maximum atomic E-state index is 12.6. The van der Waals surface area contributed by atoms with Gasteiger partial charge in [0.25, 0.3) is 5.91 Å². The fourth-order valence-corrected chi connectivity index (χ4v) is 4.07. The topological polar surface area (TPSA) is 100 Å². The van der Waals surface area contributed by atoms with Crippen LogP contribution in [0.3, 0.4) is 0 Å². The Bertz CT molecular complexity index is 1390. The number of carbonyl (C=O) groups excluding carboxylic acids is 1. The summed E-state index contributed by atoms with van der Waals surface area (Å²) in [5.74, 6) is 0.951. The van der Waals surface area contributed by atoms with Crippen molar-refractivity contribution in [1.82, 2.24) is 9.97 Å². The second-order valence-electron chi connectivity index (χ2n) is 8.37. The molecule has 8 nitrogen and oxygen atoms in total. The Morgan fingerprint density at radius 1 is 0.941 bits per heavy atom. The summed E-state index contributed by atoms with van der Waals surface area (Å²) in [5, 5.41) is 6.45. The average Bonchev–Trinajstić information content (AvgIpc) is 2.85. The van der Waals surface area contributed by atoms with Crippen LogP contribution < -0.4 is 21.0 Å². The first kappa shape index (κ1) is 21.6. The molecule has 172 valence electrons. The molecule has 8 heteroatoms. The highest BCUT2D eigenvalue weighted by atomic mass is 16.3. The van der Waals surface area contributed by atoms with Gasteiger partial charge in [-0.05, 0) is 62.6 Å². The molecule has 0 radical (unpaired) electrons. The number of piperidine rings is 1.